The normalized spacial score (nSPS) is 20.9. The van der Waals surface area contributed by atoms with Gasteiger partial charge in [-0.2, -0.15) is 0 Å². The van der Waals surface area contributed by atoms with Gasteiger partial charge in [0.25, 0.3) is 0 Å². The number of nitrogens with one attached hydrogen (secondary N) is 2. The first-order valence-corrected chi connectivity index (χ1v) is 15.1. The Morgan fingerprint density at radius 3 is 2.33 bits per heavy atom. The Kier molecular flexibility index (Phi) is 8.82. The van der Waals surface area contributed by atoms with Crippen molar-refractivity contribution in [2.24, 2.45) is 0 Å². The third-order valence-electron chi connectivity index (χ3n) is 7.35. The van der Waals surface area contributed by atoms with Crippen molar-refractivity contribution in [2.75, 3.05) is 48.6 Å². The number of alkyl halides is 2. The molecule has 0 radical (unpaired) electrons. The van der Waals surface area contributed by atoms with Crippen LogP contribution >= 0.6 is 0 Å². The number of benzene rings is 2. The van der Waals surface area contributed by atoms with Crippen molar-refractivity contribution in [2.45, 2.75) is 64.3 Å². The highest BCUT2D eigenvalue weighted by Crippen LogP contribution is 2.42. The molecular formula is C28H38F4N4O2S. The summed E-state index contributed by atoms with van der Waals surface area (Å²) in [5, 5.41) is 3.15. The van der Waals surface area contributed by atoms with Gasteiger partial charge in [-0.15, -0.1) is 0 Å². The molecule has 0 bridgehead atoms. The number of hydrogen-bond acceptors (Lipinski definition) is 5. The zero-order chi connectivity index (χ0) is 28.5. The first kappa shape index (κ1) is 29.6. The molecule has 2 atom stereocenters. The standard InChI is InChI=1S/C28H38F4N4O2S/c1-5-39(37,38)34-20-8-7-19-11-18(2)36(17-28(3,4)32)27(23(19)12-20)26-24(30)13-21(14-25(26)31)33-22-15-35(16-22)10-6-9-29/h7-8,12-14,18,22,27,33-34H,5-6,9-11,15-17H2,1-4H3. The molecule has 2 aromatic carbocycles. The summed E-state index contributed by atoms with van der Waals surface area (Å²) in [6, 6.07) is 6.33. The van der Waals surface area contributed by atoms with Crippen LogP contribution in [0.4, 0.5) is 28.9 Å². The summed E-state index contributed by atoms with van der Waals surface area (Å²) in [5.41, 5.74) is 0.105. The number of fused-ring (bicyclic) bond motifs is 1. The van der Waals surface area contributed by atoms with Crippen molar-refractivity contribution >= 4 is 21.4 Å². The highest BCUT2D eigenvalue weighted by atomic mass is 32.2. The Balaban J connectivity index is 1.70. The number of halogens is 4. The van der Waals surface area contributed by atoms with E-state index in [2.05, 4.69) is 14.9 Å². The van der Waals surface area contributed by atoms with Gasteiger partial charge in [0.2, 0.25) is 10.0 Å². The second kappa shape index (κ2) is 11.6. The second-order valence-corrected chi connectivity index (χ2v) is 13.3. The van der Waals surface area contributed by atoms with Gasteiger partial charge in [-0.25, -0.2) is 21.6 Å². The van der Waals surface area contributed by atoms with Crippen molar-refractivity contribution in [1.29, 1.82) is 0 Å². The van der Waals surface area contributed by atoms with Gasteiger partial charge in [0.1, 0.15) is 17.3 Å². The van der Waals surface area contributed by atoms with E-state index in [9.17, 15) is 17.2 Å². The molecule has 2 unspecified atom stereocenters. The minimum Gasteiger partial charge on any atom is -0.380 e. The van der Waals surface area contributed by atoms with Crippen molar-refractivity contribution in [3.05, 3.63) is 58.7 Å². The summed E-state index contributed by atoms with van der Waals surface area (Å²) in [7, 11) is -3.58. The molecule has 2 N–H and O–H groups in total. The van der Waals surface area contributed by atoms with Crippen LogP contribution in [-0.2, 0) is 16.4 Å². The molecule has 216 valence electrons. The van der Waals surface area contributed by atoms with Crippen LogP contribution in [0.3, 0.4) is 0 Å². The summed E-state index contributed by atoms with van der Waals surface area (Å²) in [4.78, 5) is 3.82. The summed E-state index contributed by atoms with van der Waals surface area (Å²) in [5.74, 6) is -1.66. The quantitative estimate of drug-likeness (QED) is 0.361. The fraction of sp³-hybridized carbons (Fsp3) is 0.571. The molecule has 11 heteroatoms. The minimum atomic E-state index is -3.58. The maximum absolute atomic E-state index is 15.8. The predicted molar refractivity (Wildman–Crippen MR) is 147 cm³/mol. The van der Waals surface area contributed by atoms with Gasteiger partial charge in [-0.3, -0.25) is 18.9 Å². The van der Waals surface area contributed by atoms with Crippen LogP contribution in [0, 0.1) is 11.6 Å². The van der Waals surface area contributed by atoms with Gasteiger partial charge in [0.05, 0.1) is 24.5 Å². The zero-order valence-electron chi connectivity index (χ0n) is 22.9. The van der Waals surface area contributed by atoms with Crippen LogP contribution < -0.4 is 10.0 Å². The number of rotatable bonds is 11. The Bertz CT molecular complexity index is 1260. The van der Waals surface area contributed by atoms with Crippen molar-refractivity contribution in [3.8, 4) is 0 Å². The fourth-order valence-electron chi connectivity index (χ4n) is 5.51. The molecule has 0 aliphatic carbocycles. The summed E-state index contributed by atoms with van der Waals surface area (Å²) < 4.78 is 85.9. The lowest BCUT2D eigenvalue weighted by Gasteiger charge is -2.44. The number of sulfonamides is 1. The van der Waals surface area contributed by atoms with Gasteiger partial charge in [-0.05, 0) is 75.9 Å². The van der Waals surface area contributed by atoms with E-state index in [-0.39, 0.29) is 42.3 Å². The third kappa shape index (κ3) is 7.05. The number of hydrogen-bond donors (Lipinski definition) is 2. The van der Waals surface area contributed by atoms with Crippen LogP contribution in [0.1, 0.15) is 56.8 Å². The van der Waals surface area contributed by atoms with Crippen LogP contribution in [0.5, 0.6) is 0 Å². The van der Waals surface area contributed by atoms with Crippen LogP contribution in [-0.4, -0.2) is 74.6 Å². The molecule has 1 fully saturated rings. The summed E-state index contributed by atoms with van der Waals surface area (Å²) >= 11 is 0. The average molecular weight is 571 g/mol. The molecule has 6 nitrogen and oxygen atoms in total. The Labute approximate surface area is 228 Å². The molecule has 2 aliphatic heterocycles. The monoisotopic (exact) mass is 570 g/mol. The molecule has 1 saturated heterocycles. The molecular weight excluding hydrogens is 532 g/mol. The van der Waals surface area contributed by atoms with E-state index >= 15 is 8.78 Å². The van der Waals surface area contributed by atoms with Gasteiger partial charge < -0.3 is 5.32 Å². The maximum atomic E-state index is 15.8. The lowest BCUT2D eigenvalue weighted by molar-refractivity contribution is 0.0653. The molecule has 4 rings (SSSR count). The Hall–Kier alpha value is -2.37. The first-order valence-electron chi connectivity index (χ1n) is 13.4. The number of anilines is 2. The van der Waals surface area contributed by atoms with Gasteiger partial charge in [-0.1, -0.05) is 6.07 Å². The second-order valence-electron chi connectivity index (χ2n) is 11.3. The largest absolute Gasteiger partial charge is 0.380 e. The molecule has 0 saturated carbocycles. The number of likely N-dealkylation sites (tertiary alicyclic amines) is 1. The van der Waals surface area contributed by atoms with E-state index in [1.54, 1.807) is 23.1 Å². The maximum Gasteiger partial charge on any atom is 0.232 e. The van der Waals surface area contributed by atoms with E-state index in [4.69, 9.17) is 0 Å². The van der Waals surface area contributed by atoms with Crippen LogP contribution in [0.25, 0.3) is 0 Å². The lowest BCUT2D eigenvalue weighted by Crippen LogP contribution is -2.54. The van der Waals surface area contributed by atoms with Crippen molar-refractivity contribution in [3.63, 3.8) is 0 Å². The van der Waals surface area contributed by atoms with E-state index in [0.717, 1.165) is 5.56 Å². The van der Waals surface area contributed by atoms with Gasteiger partial charge in [0, 0.05) is 49.2 Å². The molecule has 39 heavy (non-hydrogen) atoms. The highest BCUT2D eigenvalue weighted by Gasteiger charge is 2.39. The lowest BCUT2D eigenvalue weighted by atomic mass is 9.83. The van der Waals surface area contributed by atoms with Crippen LogP contribution in [0.2, 0.25) is 0 Å². The molecule has 2 heterocycles. The molecule has 0 aromatic heterocycles. The Morgan fingerprint density at radius 2 is 1.74 bits per heavy atom. The smallest absolute Gasteiger partial charge is 0.232 e. The van der Waals surface area contributed by atoms with E-state index in [1.165, 1.54) is 32.9 Å². The van der Waals surface area contributed by atoms with E-state index in [1.807, 2.05) is 6.92 Å². The number of nitrogens with zero attached hydrogens (tertiary/aromatic N) is 2. The molecule has 2 aromatic rings. The highest BCUT2D eigenvalue weighted by molar-refractivity contribution is 7.92. The molecule has 2 aliphatic rings. The summed E-state index contributed by atoms with van der Waals surface area (Å²) in [6.07, 6.45) is 0.978. The summed E-state index contributed by atoms with van der Waals surface area (Å²) in [6.45, 7) is 7.78. The molecule has 0 spiro atoms. The van der Waals surface area contributed by atoms with Crippen LogP contribution in [0.15, 0.2) is 30.3 Å². The van der Waals surface area contributed by atoms with Gasteiger partial charge >= 0.3 is 0 Å². The minimum absolute atomic E-state index is 0.00247. The SMILES string of the molecule is CCS(=O)(=O)Nc1ccc2c(c1)C(c1c(F)cc(NC3CN(CCCF)C3)cc1F)N(CC(C)(C)F)C(C)C2. The van der Waals surface area contributed by atoms with Gasteiger partial charge in [0.15, 0.2) is 0 Å². The van der Waals surface area contributed by atoms with E-state index < -0.39 is 33.4 Å². The third-order valence-corrected chi connectivity index (χ3v) is 8.66. The topological polar surface area (TPSA) is 64.7 Å². The zero-order valence-corrected chi connectivity index (χ0v) is 23.7. The van der Waals surface area contributed by atoms with Crippen molar-refractivity contribution < 1.29 is 26.0 Å². The predicted octanol–water partition coefficient (Wildman–Crippen LogP) is 5.27. The van der Waals surface area contributed by atoms with E-state index in [0.29, 0.717) is 43.7 Å². The van der Waals surface area contributed by atoms with Crippen molar-refractivity contribution in [1.82, 2.24) is 9.80 Å². The first-order chi connectivity index (χ1) is 18.3. The Morgan fingerprint density at radius 1 is 1.08 bits per heavy atom. The average Bonchev–Trinajstić information content (AvgIpc) is 2.81. The molecule has 0 amide bonds. The fourth-order valence-corrected chi connectivity index (χ4v) is 6.14.